The Morgan fingerprint density at radius 2 is 2.09 bits per heavy atom. The Morgan fingerprint density at radius 3 is 2.36 bits per heavy atom. The van der Waals surface area contributed by atoms with E-state index in [0.717, 1.165) is 0 Å². The smallest absolute Gasteiger partial charge is 0.407 e. The maximum absolute atomic E-state index is 10.6. The summed E-state index contributed by atoms with van der Waals surface area (Å²) < 4.78 is 4.30. The van der Waals surface area contributed by atoms with Crippen LogP contribution in [0.4, 0.5) is 4.79 Å². The van der Waals surface area contributed by atoms with Crippen molar-refractivity contribution in [3.05, 3.63) is 0 Å². The van der Waals surface area contributed by atoms with Gasteiger partial charge in [0.2, 0.25) is 6.29 Å². The van der Waals surface area contributed by atoms with Crippen LogP contribution in [0.15, 0.2) is 0 Å². The van der Waals surface area contributed by atoms with Crippen molar-refractivity contribution >= 4 is 12.4 Å². The molecule has 0 spiro atoms. The number of hydrogen-bond donors (Lipinski definition) is 1. The van der Waals surface area contributed by atoms with Crippen molar-refractivity contribution < 1.29 is 14.3 Å². The Hall–Kier alpha value is -1.06. The van der Waals surface area contributed by atoms with Gasteiger partial charge in [0, 0.05) is 0 Å². The van der Waals surface area contributed by atoms with Crippen molar-refractivity contribution in [3.8, 4) is 0 Å². The normalized spacial score (nSPS) is 12.4. The predicted octanol–water partition coefficient (Wildman–Crippen LogP) is 0.477. The molecule has 0 aromatic rings. The van der Waals surface area contributed by atoms with E-state index in [1.54, 1.807) is 6.29 Å². The molecule has 0 aromatic carbocycles. The first-order valence-corrected chi connectivity index (χ1v) is 3.34. The van der Waals surface area contributed by atoms with Crippen LogP contribution in [0, 0.1) is 5.92 Å². The van der Waals surface area contributed by atoms with Crippen LogP contribution >= 0.6 is 0 Å². The highest BCUT2D eigenvalue weighted by Crippen LogP contribution is 1.97. The molecular weight excluding hydrogens is 146 g/mol. The van der Waals surface area contributed by atoms with Crippen molar-refractivity contribution in [1.29, 1.82) is 0 Å². The molecule has 0 saturated heterocycles. The van der Waals surface area contributed by atoms with Gasteiger partial charge < -0.3 is 10.1 Å². The van der Waals surface area contributed by atoms with Gasteiger partial charge in [-0.3, -0.25) is 4.79 Å². The number of hydrogen-bond acceptors (Lipinski definition) is 3. The van der Waals surface area contributed by atoms with E-state index < -0.39 is 12.1 Å². The molecule has 4 nitrogen and oxygen atoms in total. The fourth-order valence-corrected chi connectivity index (χ4v) is 0.518. The number of ether oxygens (including phenoxy) is 1. The monoisotopic (exact) mass is 158 g/mol. The number of nitrogens with one attached hydrogen (secondary N) is 1. The molecule has 0 fully saturated rings. The van der Waals surface area contributed by atoms with Crippen LogP contribution in [-0.4, -0.2) is 25.5 Å². The average Bonchev–Trinajstić information content (AvgIpc) is 1.99. The maximum Gasteiger partial charge on any atom is 0.407 e. The van der Waals surface area contributed by atoms with E-state index in [1.165, 1.54) is 7.11 Å². The third-order valence-corrected chi connectivity index (χ3v) is 1.25. The number of amides is 1. The summed E-state index contributed by atoms with van der Waals surface area (Å²) in [4.78, 5) is 20.8. The Balaban J connectivity index is 3.87. The second-order valence-electron chi connectivity index (χ2n) is 2.48. The molecule has 4 heteroatoms. The third kappa shape index (κ3) is 3.60. The van der Waals surface area contributed by atoms with E-state index in [9.17, 15) is 9.59 Å². The summed E-state index contributed by atoms with van der Waals surface area (Å²) in [7, 11) is 1.25. The van der Waals surface area contributed by atoms with Gasteiger partial charge in [0.05, 0.1) is 7.11 Å². The van der Waals surface area contributed by atoms with Crippen LogP contribution in [0.1, 0.15) is 13.8 Å². The van der Waals surface area contributed by atoms with Crippen molar-refractivity contribution in [2.75, 3.05) is 7.11 Å². The van der Waals surface area contributed by atoms with Crippen molar-refractivity contribution in [3.63, 3.8) is 0 Å². The van der Waals surface area contributed by atoms with E-state index in [2.05, 4.69) is 10.1 Å². The van der Waals surface area contributed by atoms with Crippen LogP contribution in [0.2, 0.25) is 0 Å². The van der Waals surface area contributed by atoms with Gasteiger partial charge in [-0.2, -0.15) is 0 Å². The highest BCUT2D eigenvalue weighted by Gasteiger charge is 2.15. The summed E-state index contributed by atoms with van der Waals surface area (Å²) in [6, 6.07) is -0.581. The molecule has 0 aliphatic rings. The van der Waals surface area contributed by atoms with E-state index in [-0.39, 0.29) is 5.92 Å². The summed E-state index contributed by atoms with van der Waals surface area (Å²) in [5.41, 5.74) is 0. The van der Waals surface area contributed by atoms with E-state index in [0.29, 0.717) is 0 Å². The highest BCUT2D eigenvalue weighted by atomic mass is 16.5. The SMILES string of the molecule is COC(=O)NC([C]=O)C(C)C. The van der Waals surface area contributed by atoms with Gasteiger partial charge in [-0.05, 0) is 5.92 Å². The Bertz CT molecular complexity index is 145. The number of methoxy groups -OCH3 is 1. The Morgan fingerprint density at radius 1 is 1.55 bits per heavy atom. The lowest BCUT2D eigenvalue weighted by Gasteiger charge is -2.13. The van der Waals surface area contributed by atoms with Gasteiger partial charge in [-0.15, -0.1) is 0 Å². The van der Waals surface area contributed by atoms with Crippen molar-refractivity contribution in [1.82, 2.24) is 5.32 Å². The van der Waals surface area contributed by atoms with Gasteiger partial charge >= 0.3 is 6.09 Å². The molecule has 0 rings (SSSR count). The molecule has 1 unspecified atom stereocenters. The second-order valence-corrected chi connectivity index (χ2v) is 2.48. The standard InChI is InChI=1S/C7H12NO3/c1-5(2)6(4-9)8-7(10)11-3/h5-6H,1-3H3,(H,8,10). The average molecular weight is 158 g/mol. The summed E-state index contributed by atoms with van der Waals surface area (Å²) in [5.74, 6) is 0.0339. The molecule has 1 atom stereocenters. The first-order valence-electron chi connectivity index (χ1n) is 3.34. The van der Waals surface area contributed by atoms with Gasteiger partial charge in [0.25, 0.3) is 0 Å². The predicted molar refractivity (Wildman–Crippen MR) is 39.9 cm³/mol. The van der Waals surface area contributed by atoms with E-state index in [1.807, 2.05) is 13.8 Å². The molecule has 0 aliphatic heterocycles. The van der Waals surface area contributed by atoms with Crippen LogP contribution < -0.4 is 5.32 Å². The fourth-order valence-electron chi connectivity index (χ4n) is 0.518. The zero-order chi connectivity index (χ0) is 8.85. The summed E-state index contributed by atoms with van der Waals surface area (Å²) in [5, 5.41) is 2.33. The van der Waals surface area contributed by atoms with Crippen LogP contribution in [0.3, 0.4) is 0 Å². The third-order valence-electron chi connectivity index (χ3n) is 1.25. The van der Waals surface area contributed by atoms with Gasteiger partial charge in [-0.1, -0.05) is 13.8 Å². The maximum atomic E-state index is 10.6. The first-order chi connectivity index (χ1) is 5.11. The molecule has 0 aromatic heterocycles. The van der Waals surface area contributed by atoms with Crippen LogP contribution in [0.25, 0.3) is 0 Å². The fraction of sp³-hybridized carbons (Fsp3) is 0.714. The molecule has 1 N–H and O–H groups in total. The second kappa shape index (κ2) is 4.71. The van der Waals surface area contributed by atoms with E-state index in [4.69, 9.17) is 0 Å². The summed E-state index contributed by atoms with van der Waals surface area (Å²) >= 11 is 0. The van der Waals surface area contributed by atoms with Gasteiger partial charge in [-0.25, -0.2) is 4.79 Å². The lowest BCUT2D eigenvalue weighted by molar-refractivity contribution is 0.167. The minimum Gasteiger partial charge on any atom is -0.453 e. The zero-order valence-corrected chi connectivity index (χ0v) is 6.88. The first kappa shape index (κ1) is 9.94. The molecule has 0 heterocycles. The van der Waals surface area contributed by atoms with Gasteiger partial charge in [0.15, 0.2) is 0 Å². The molecule has 0 saturated carbocycles. The lowest BCUT2D eigenvalue weighted by atomic mass is 10.1. The largest absolute Gasteiger partial charge is 0.453 e. The lowest BCUT2D eigenvalue weighted by Crippen LogP contribution is -2.39. The summed E-state index contributed by atoms with van der Waals surface area (Å²) in [6.45, 7) is 3.62. The van der Waals surface area contributed by atoms with Crippen LogP contribution in [0.5, 0.6) is 0 Å². The van der Waals surface area contributed by atoms with Crippen LogP contribution in [-0.2, 0) is 9.53 Å². The van der Waals surface area contributed by atoms with E-state index >= 15 is 0 Å². The molecule has 1 amide bonds. The number of carbonyl (C=O) groups is 1. The molecule has 0 aliphatic carbocycles. The Labute approximate surface area is 65.9 Å². The quantitative estimate of drug-likeness (QED) is 0.649. The number of alkyl carbamates (subject to hydrolysis) is 1. The molecule has 63 valence electrons. The minimum absolute atomic E-state index is 0.0339. The van der Waals surface area contributed by atoms with Crippen molar-refractivity contribution in [2.45, 2.75) is 19.9 Å². The topological polar surface area (TPSA) is 55.4 Å². The Kier molecular flexibility index (Phi) is 4.26. The number of rotatable bonds is 3. The number of carbonyl (C=O) groups excluding carboxylic acids is 2. The van der Waals surface area contributed by atoms with Crippen molar-refractivity contribution in [2.24, 2.45) is 5.92 Å². The molecular formula is C7H12NO3. The molecule has 0 bridgehead atoms. The molecule has 11 heavy (non-hydrogen) atoms. The minimum atomic E-state index is -0.605. The summed E-state index contributed by atoms with van der Waals surface area (Å²) in [6.07, 6.45) is 1.10. The highest BCUT2D eigenvalue weighted by molar-refractivity contribution is 5.73. The molecule has 1 radical (unpaired) electrons. The van der Waals surface area contributed by atoms with Gasteiger partial charge in [0.1, 0.15) is 6.04 Å². The zero-order valence-electron chi connectivity index (χ0n) is 6.88.